The number of carbonyl (C=O) groups excluding carboxylic acids is 2. The van der Waals surface area contributed by atoms with Crippen molar-refractivity contribution in [1.29, 1.82) is 0 Å². The fraction of sp³-hybridized carbons (Fsp3) is 0.812. The van der Waals surface area contributed by atoms with Gasteiger partial charge in [0.15, 0.2) is 0 Å². The van der Waals surface area contributed by atoms with Crippen LogP contribution in [0.3, 0.4) is 0 Å². The lowest BCUT2D eigenvalue weighted by Crippen LogP contribution is -2.51. The monoisotopic (exact) mass is 343 g/mol. The summed E-state index contributed by atoms with van der Waals surface area (Å²) in [7, 11) is 1.48. The molecular formula is C16H29N3O5. The van der Waals surface area contributed by atoms with Gasteiger partial charge in [-0.25, -0.2) is 9.59 Å². The van der Waals surface area contributed by atoms with Gasteiger partial charge in [0.2, 0.25) is 5.91 Å². The van der Waals surface area contributed by atoms with E-state index in [-0.39, 0.29) is 30.9 Å². The van der Waals surface area contributed by atoms with Crippen LogP contribution >= 0.6 is 0 Å². The molecule has 138 valence electrons. The molecule has 3 N–H and O–H groups in total. The molecule has 8 heteroatoms. The van der Waals surface area contributed by atoms with Gasteiger partial charge in [0.1, 0.15) is 6.04 Å². The summed E-state index contributed by atoms with van der Waals surface area (Å²) in [5.74, 6) is -1.43. The number of carboxylic acid groups (broad SMARTS) is 1. The number of piperidine rings is 1. The van der Waals surface area contributed by atoms with E-state index in [9.17, 15) is 14.4 Å². The predicted molar refractivity (Wildman–Crippen MR) is 88.6 cm³/mol. The minimum atomic E-state index is -1.08. The molecule has 1 rings (SSSR count). The maximum Gasteiger partial charge on any atom is 0.326 e. The van der Waals surface area contributed by atoms with Gasteiger partial charge in [0.25, 0.3) is 0 Å². The van der Waals surface area contributed by atoms with Crippen LogP contribution in [0.5, 0.6) is 0 Å². The summed E-state index contributed by atoms with van der Waals surface area (Å²) in [6, 6.07) is -1.14. The molecule has 0 bridgehead atoms. The normalized spacial score (nSPS) is 19.0. The molecule has 1 aliphatic heterocycles. The highest BCUT2D eigenvalue weighted by Crippen LogP contribution is 2.17. The highest BCUT2D eigenvalue weighted by Gasteiger charge is 2.30. The zero-order valence-corrected chi connectivity index (χ0v) is 14.7. The minimum absolute atomic E-state index is 0.171. The number of ether oxygens (including phenoxy) is 1. The standard InChI is InChI=1S/C16H29N3O5/c1-11(2)9-17-16(23)19-7-4-5-12(10-19)14(20)18-13(15(21)22)6-8-24-3/h11-13H,4-10H2,1-3H3,(H,17,23)(H,18,20)(H,21,22). The van der Waals surface area contributed by atoms with Gasteiger partial charge in [-0.05, 0) is 18.8 Å². The number of carbonyl (C=O) groups is 3. The molecule has 1 saturated heterocycles. The Balaban J connectivity index is 2.54. The fourth-order valence-corrected chi connectivity index (χ4v) is 2.56. The average molecular weight is 343 g/mol. The van der Waals surface area contributed by atoms with Crippen molar-refractivity contribution in [3.8, 4) is 0 Å². The maximum absolute atomic E-state index is 12.3. The number of carboxylic acids is 1. The topological polar surface area (TPSA) is 108 Å². The molecule has 0 aromatic carbocycles. The van der Waals surface area contributed by atoms with E-state index in [1.807, 2.05) is 13.8 Å². The van der Waals surface area contributed by atoms with E-state index < -0.39 is 12.0 Å². The molecule has 1 aliphatic rings. The highest BCUT2D eigenvalue weighted by atomic mass is 16.5. The summed E-state index contributed by atoms with van der Waals surface area (Å²) in [5, 5.41) is 14.6. The fourth-order valence-electron chi connectivity index (χ4n) is 2.56. The second-order valence-electron chi connectivity index (χ2n) is 6.55. The third kappa shape index (κ3) is 6.74. The first-order valence-electron chi connectivity index (χ1n) is 8.40. The number of likely N-dealkylation sites (tertiary alicyclic amines) is 1. The maximum atomic E-state index is 12.3. The van der Waals surface area contributed by atoms with Crippen molar-refractivity contribution in [1.82, 2.24) is 15.5 Å². The van der Waals surface area contributed by atoms with Gasteiger partial charge in [0, 0.05) is 39.8 Å². The van der Waals surface area contributed by atoms with Crippen molar-refractivity contribution < 1.29 is 24.2 Å². The van der Waals surface area contributed by atoms with E-state index in [0.29, 0.717) is 32.0 Å². The summed E-state index contributed by atoms with van der Waals surface area (Å²) in [4.78, 5) is 37.3. The van der Waals surface area contributed by atoms with Crippen molar-refractivity contribution >= 4 is 17.9 Å². The number of rotatable bonds is 8. The van der Waals surface area contributed by atoms with Crippen LogP contribution in [0.1, 0.15) is 33.1 Å². The molecule has 0 saturated carbocycles. The molecule has 2 unspecified atom stereocenters. The molecule has 0 aromatic heterocycles. The van der Waals surface area contributed by atoms with Gasteiger partial charge < -0.3 is 25.4 Å². The van der Waals surface area contributed by atoms with E-state index in [0.717, 1.165) is 6.42 Å². The number of nitrogens with one attached hydrogen (secondary N) is 2. The van der Waals surface area contributed by atoms with E-state index in [2.05, 4.69) is 10.6 Å². The molecule has 0 radical (unpaired) electrons. The minimum Gasteiger partial charge on any atom is -0.480 e. The van der Waals surface area contributed by atoms with Crippen LogP contribution in [0.25, 0.3) is 0 Å². The predicted octanol–water partition coefficient (Wildman–Crippen LogP) is 0.670. The Bertz CT molecular complexity index is 441. The first-order valence-corrected chi connectivity index (χ1v) is 8.40. The van der Waals surface area contributed by atoms with Gasteiger partial charge in [-0.3, -0.25) is 4.79 Å². The van der Waals surface area contributed by atoms with E-state index >= 15 is 0 Å². The molecule has 1 heterocycles. The average Bonchev–Trinajstić information content (AvgIpc) is 2.55. The van der Waals surface area contributed by atoms with Crippen molar-refractivity contribution in [3.05, 3.63) is 0 Å². The number of hydrogen-bond donors (Lipinski definition) is 3. The Morgan fingerprint density at radius 1 is 1.33 bits per heavy atom. The quantitative estimate of drug-likeness (QED) is 0.600. The molecule has 1 fully saturated rings. The van der Waals surface area contributed by atoms with Crippen molar-refractivity contribution in [2.45, 2.75) is 39.2 Å². The Kier molecular flexibility index (Phi) is 8.53. The van der Waals surface area contributed by atoms with Crippen molar-refractivity contribution in [2.24, 2.45) is 11.8 Å². The highest BCUT2D eigenvalue weighted by molar-refractivity contribution is 5.85. The molecule has 2 atom stereocenters. The lowest BCUT2D eigenvalue weighted by molar-refractivity contribution is -0.143. The van der Waals surface area contributed by atoms with Crippen molar-refractivity contribution in [3.63, 3.8) is 0 Å². The first-order chi connectivity index (χ1) is 11.3. The van der Waals surface area contributed by atoms with Gasteiger partial charge in [-0.2, -0.15) is 0 Å². The zero-order valence-electron chi connectivity index (χ0n) is 14.7. The second kappa shape index (κ2) is 10.1. The number of urea groups is 1. The van der Waals surface area contributed by atoms with Crippen LogP contribution in [0, 0.1) is 11.8 Å². The number of methoxy groups -OCH3 is 1. The Labute approximate surface area is 142 Å². The zero-order chi connectivity index (χ0) is 18.1. The Morgan fingerprint density at radius 2 is 2.04 bits per heavy atom. The number of amides is 3. The van der Waals surface area contributed by atoms with Gasteiger partial charge in [-0.1, -0.05) is 13.8 Å². The summed E-state index contributed by atoms with van der Waals surface area (Å²) >= 11 is 0. The van der Waals surface area contributed by atoms with Crippen LogP contribution in [0.2, 0.25) is 0 Å². The Hall–Kier alpha value is -1.83. The van der Waals surface area contributed by atoms with Crippen LogP contribution in [0.15, 0.2) is 0 Å². The first kappa shape index (κ1) is 20.2. The third-order valence-corrected chi connectivity index (χ3v) is 3.97. The van der Waals surface area contributed by atoms with E-state index in [1.165, 1.54) is 7.11 Å². The molecule has 3 amide bonds. The summed E-state index contributed by atoms with van der Waals surface area (Å²) < 4.78 is 4.87. The molecule has 8 nitrogen and oxygen atoms in total. The van der Waals surface area contributed by atoms with Gasteiger partial charge >= 0.3 is 12.0 Å². The van der Waals surface area contributed by atoms with E-state index in [1.54, 1.807) is 4.90 Å². The lowest BCUT2D eigenvalue weighted by Gasteiger charge is -2.32. The molecule has 0 aromatic rings. The number of aliphatic carboxylic acids is 1. The molecule has 0 spiro atoms. The third-order valence-electron chi connectivity index (χ3n) is 3.97. The largest absolute Gasteiger partial charge is 0.480 e. The van der Waals surface area contributed by atoms with Crippen LogP contribution < -0.4 is 10.6 Å². The molecular weight excluding hydrogens is 314 g/mol. The molecule has 0 aliphatic carbocycles. The lowest BCUT2D eigenvalue weighted by atomic mass is 9.97. The summed E-state index contributed by atoms with van der Waals surface area (Å²) in [5.41, 5.74) is 0. The summed E-state index contributed by atoms with van der Waals surface area (Å²) in [6.07, 6.45) is 1.59. The summed E-state index contributed by atoms with van der Waals surface area (Å²) in [6.45, 7) is 5.79. The van der Waals surface area contributed by atoms with Crippen LogP contribution in [0.4, 0.5) is 4.79 Å². The molecule has 24 heavy (non-hydrogen) atoms. The Morgan fingerprint density at radius 3 is 2.62 bits per heavy atom. The van der Waals surface area contributed by atoms with Crippen LogP contribution in [-0.2, 0) is 14.3 Å². The van der Waals surface area contributed by atoms with Crippen LogP contribution in [-0.4, -0.2) is 67.3 Å². The van der Waals surface area contributed by atoms with Gasteiger partial charge in [0.05, 0.1) is 5.92 Å². The van der Waals surface area contributed by atoms with E-state index in [4.69, 9.17) is 9.84 Å². The van der Waals surface area contributed by atoms with Gasteiger partial charge in [-0.15, -0.1) is 0 Å². The smallest absolute Gasteiger partial charge is 0.326 e. The SMILES string of the molecule is COCCC(NC(=O)C1CCCN(C(=O)NCC(C)C)C1)C(=O)O. The number of nitrogens with zero attached hydrogens (tertiary/aromatic N) is 1. The second-order valence-corrected chi connectivity index (χ2v) is 6.55. The number of hydrogen-bond acceptors (Lipinski definition) is 4. The van der Waals surface area contributed by atoms with Crippen molar-refractivity contribution in [2.75, 3.05) is 33.4 Å².